The molecule has 92 valence electrons. The molecular formula is C13H10BrNO3. The van der Waals surface area contributed by atoms with Crippen LogP contribution in [0.4, 0.5) is 0 Å². The Balaban J connectivity index is 2.19. The summed E-state index contributed by atoms with van der Waals surface area (Å²) in [7, 11) is 1.60. The Morgan fingerprint density at radius 1 is 1.28 bits per heavy atom. The molecule has 0 N–H and O–H groups in total. The van der Waals surface area contributed by atoms with Crippen LogP contribution < -0.4 is 9.47 Å². The van der Waals surface area contributed by atoms with Gasteiger partial charge in [-0.25, -0.2) is 4.98 Å². The number of nitrogens with zero attached hydrogens (tertiary/aromatic N) is 1. The summed E-state index contributed by atoms with van der Waals surface area (Å²) in [6.07, 6.45) is 2.19. The van der Waals surface area contributed by atoms with Crippen molar-refractivity contribution in [2.75, 3.05) is 7.11 Å². The molecule has 1 aromatic carbocycles. The fourth-order valence-electron chi connectivity index (χ4n) is 1.33. The number of rotatable bonds is 4. The minimum Gasteiger partial charge on any atom is -0.497 e. The predicted molar refractivity (Wildman–Crippen MR) is 70.4 cm³/mol. The Labute approximate surface area is 113 Å². The maximum Gasteiger partial charge on any atom is 0.219 e. The van der Waals surface area contributed by atoms with Crippen molar-refractivity contribution in [2.24, 2.45) is 0 Å². The second-order valence-electron chi connectivity index (χ2n) is 3.45. The zero-order chi connectivity index (χ0) is 13.0. The highest BCUT2D eigenvalue weighted by Gasteiger charge is 2.05. The van der Waals surface area contributed by atoms with Gasteiger partial charge in [0.15, 0.2) is 6.29 Å². The number of aldehydes is 1. The van der Waals surface area contributed by atoms with E-state index in [1.54, 1.807) is 37.4 Å². The monoisotopic (exact) mass is 307 g/mol. The fraction of sp³-hybridized carbons (Fsp3) is 0.0769. The molecule has 0 spiro atoms. The number of methoxy groups -OCH3 is 1. The number of carbonyl (C=O) groups excluding carboxylic acids is 1. The van der Waals surface area contributed by atoms with Gasteiger partial charge in [0.05, 0.1) is 11.6 Å². The zero-order valence-corrected chi connectivity index (χ0v) is 11.2. The van der Waals surface area contributed by atoms with Crippen LogP contribution in [0.25, 0.3) is 0 Å². The van der Waals surface area contributed by atoms with Crippen molar-refractivity contribution in [3.63, 3.8) is 0 Å². The highest BCUT2D eigenvalue weighted by molar-refractivity contribution is 9.10. The largest absolute Gasteiger partial charge is 0.497 e. The fourth-order valence-corrected chi connectivity index (χ4v) is 1.76. The molecule has 18 heavy (non-hydrogen) atoms. The third kappa shape index (κ3) is 2.87. The van der Waals surface area contributed by atoms with E-state index in [4.69, 9.17) is 9.47 Å². The summed E-state index contributed by atoms with van der Waals surface area (Å²) >= 11 is 3.38. The maximum absolute atomic E-state index is 10.5. The Bertz CT molecular complexity index is 555. The van der Waals surface area contributed by atoms with Crippen LogP contribution in [0.5, 0.6) is 17.4 Å². The smallest absolute Gasteiger partial charge is 0.219 e. The van der Waals surface area contributed by atoms with E-state index in [-0.39, 0.29) is 0 Å². The second kappa shape index (κ2) is 5.64. The number of benzene rings is 1. The van der Waals surface area contributed by atoms with Crippen LogP contribution in [-0.2, 0) is 0 Å². The number of aromatic nitrogens is 1. The Morgan fingerprint density at radius 2 is 2.11 bits per heavy atom. The van der Waals surface area contributed by atoms with E-state index in [0.29, 0.717) is 17.2 Å². The standard InChI is InChI=1S/C13H10BrNO3/c1-17-10-3-4-12(11(14)6-10)18-13-5-2-9(8-16)7-15-13/h2-8H,1H3. The molecule has 0 bridgehead atoms. The van der Waals surface area contributed by atoms with Gasteiger partial charge in [0.25, 0.3) is 0 Å². The first-order chi connectivity index (χ1) is 8.72. The summed E-state index contributed by atoms with van der Waals surface area (Å²) in [5.74, 6) is 1.78. The van der Waals surface area contributed by atoms with Gasteiger partial charge in [-0.3, -0.25) is 4.79 Å². The second-order valence-corrected chi connectivity index (χ2v) is 4.30. The minimum atomic E-state index is 0.423. The first-order valence-corrected chi connectivity index (χ1v) is 5.95. The van der Waals surface area contributed by atoms with Gasteiger partial charge in [-0.1, -0.05) is 0 Å². The lowest BCUT2D eigenvalue weighted by Crippen LogP contribution is -1.91. The first-order valence-electron chi connectivity index (χ1n) is 5.15. The van der Waals surface area contributed by atoms with Crippen molar-refractivity contribution in [1.29, 1.82) is 0 Å². The van der Waals surface area contributed by atoms with Gasteiger partial charge >= 0.3 is 0 Å². The average Bonchev–Trinajstić information content (AvgIpc) is 2.42. The van der Waals surface area contributed by atoms with Gasteiger partial charge in [0.2, 0.25) is 5.88 Å². The van der Waals surface area contributed by atoms with Crippen molar-refractivity contribution in [3.8, 4) is 17.4 Å². The highest BCUT2D eigenvalue weighted by Crippen LogP contribution is 2.31. The van der Waals surface area contributed by atoms with Crippen molar-refractivity contribution >= 4 is 22.2 Å². The average molecular weight is 308 g/mol. The van der Waals surface area contributed by atoms with Crippen LogP contribution in [0.1, 0.15) is 10.4 Å². The number of hydrogen-bond acceptors (Lipinski definition) is 4. The molecule has 5 heteroatoms. The molecule has 0 saturated carbocycles. The van der Waals surface area contributed by atoms with Gasteiger partial charge in [0, 0.05) is 17.8 Å². The van der Waals surface area contributed by atoms with Crippen molar-refractivity contribution in [2.45, 2.75) is 0 Å². The quantitative estimate of drug-likeness (QED) is 0.812. The minimum absolute atomic E-state index is 0.423. The summed E-state index contributed by atoms with van der Waals surface area (Å²) in [4.78, 5) is 14.5. The molecule has 0 aliphatic heterocycles. The molecule has 0 saturated heterocycles. The molecule has 0 fully saturated rings. The predicted octanol–water partition coefficient (Wildman–Crippen LogP) is 3.46. The number of hydrogen-bond donors (Lipinski definition) is 0. The summed E-state index contributed by atoms with van der Waals surface area (Å²) < 4.78 is 11.4. The van der Waals surface area contributed by atoms with Crippen molar-refractivity contribution < 1.29 is 14.3 Å². The van der Waals surface area contributed by atoms with E-state index in [1.807, 2.05) is 0 Å². The molecule has 4 nitrogen and oxygen atoms in total. The number of carbonyl (C=O) groups is 1. The van der Waals surface area contributed by atoms with Gasteiger partial charge in [0.1, 0.15) is 11.5 Å². The Kier molecular flexibility index (Phi) is 3.94. The summed E-state index contributed by atoms with van der Waals surface area (Å²) in [6.45, 7) is 0. The molecule has 2 aromatic rings. The van der Waals surface area contributed by atoms with Crippen LogP contribution >= 0.6 is 15.9 Å². The third-order valence-electron chi connectivity index (χ3n) is 2.25. The lowest BCUT2D eigenvalue weighted by atomic mass is 10.3. The number of halogens is 1. The molecule has 2 rings (SSSR count). The maximum atomic E-state index is 10.5. The Hall–Kier alpha value is -1.88. The molecular weight excluding hydrogens is 298 g/mol. The first kappa shape index (κ1) is 12.6. The van der Waals surface area contributed by atoms with Crippen molar-refractivity contribution in [1.82, 2.24) is 4.98 Å². The molecule has 0 unspecified atom stereocenters. The van der Waals surface area contributed by atoms with E-state index in [0.717, 1.165) is 16.5 Å². The normalized spacial score (nSPS) is 9.89. The van der Waals surface area contributed by atoms with Gasteiger partial charge in [-0.05, 0) is 40.2 Å². The highest BCUT2D eigenvalue weighted by atomic mass is 79.9. The topological polar surface area (TPSA) is 48.4 Å². The van der Waals surface area contributed by atoms with Crippen molar-refractivity contribution in [3.05, 3.63) is 46.6 Å². The van der Waals surface area contributed by atoms with E-state index in [2.05, 4.69) is 20.9 Å². The zero-order valence-electron chi connectivity index (χ0n) is 9.59. The van der Waals surface area contributed by atoms with Gasteiger partial charge in [-0.2, -0.15) is 0 Å². The molecule has 0 radical (unpaired) electrons. The lowest BCUT2D eigenvalue weighted by molar-refractivity contribution is 0.112. The van der Waals surface area contributed by atoms with Crippen LogP contribution in [0.3, 0.4) is 0 Å². The number of ether oxygens (including phenoxy) is 2. The lowest BCUT2D eigenvalue weighted by Gasteiger charge is -2.08. The van der Waals surface area contributed by atoms with Crippen LogP contribution in [0, 0.1) is 0 Å². The van der Waals surface area contributed by atoms with Gasteiger partial charge in [-0.15, -0.1) is 0 Å². The van der Waals surface area contributed by atoms with E-state index < -0.39 is 0 Å². The van der Waals surface area contributed by atoms with E-state index >= 15 is 0 Å². The van der Waals surface area contributed by atoms with E-state index in [1.165, 1.54) is 6.20 Å². The van der Waals surface area contributed by atoms with Gasteiger partial charge < -0.3 is 9.47 Å². The molecule has 0 amide bonds. The molecule has 0 atom stereocenters. The molecule has 0 aliphatic rings. The third-order valence-corrected chi connectivity index (χ3v) is 2.87. The molecule has 1 aromatic heterocycles. The van der Waals surface area contributed by atoms with Crippen LogP contribution in [-0.4, -0.2) is 18.4 Å². The van der Waals surface area contributed by atoms with E-state index in [9.17, 15) is 4.79 Å². The SMILES string of the molecule is COc1ccc(Oc2ccc(C=O)cn2)c(Br)c1. The molecule has 0 aliphatic carbocycles. The van der Waals surface area contributed by atoms with Crippen LogP contribution in [0.2, 0.25) is 0 Å². The summed E-state index contributed by atoms with van der Waals surface area (Å²) in [6, 6.07) is 8.65. The Morgan fingerprint density at radius 3 is 2.67 bits per heavy atom. The number of pyridine rings is 1. The summed E-state index contributed by atoms with van der Waals surface area (Å²) in [5.41, 5.74) is 0.510. The molecule has 1 heterocycles. The van der Waals surface area contributed by atoms with Crippen LogP contribution in [0.15, 0.2) is 41.0 Å². The summed E-state index contributed by atoms with van der Waals surface area (Å²) in [5, 5.41) is 0.